The third-order valence-electron chi connectivity index (χ3n) is 7.07. The number of hydrogen-bond donors (Lipinski definition) is 0. The number of fused-ring (bicyclic) bond motifs is 1. The summed E-state index contributed by atoms with van der Waals surface area (Å²) in [5.41, 5.74) is 2.42. The maximum absolute atomic E-state index is 6.03. The van der Waals surface area contributed by atoms with Crippen LogP contribution in [0.1, 0.15) is 26.3 Å². The van der Waals surface area contributed by atoms with Crippen LogP contribution in [0.2, 0.25) is 23.1 Å². The topological polar surface area (TPSA) is 25.2 Å². The molecular formula is C30H37Al2N2P. The number of aromatic nitrogens is 1. The number of pyridine rings is 1. The zero-order valence-electron chi connectivity index (χ0n) is 22.2. The van der Waals surface area contributed by atoms with Crippen LogP contribution >= 0.6 is 7.05 Å². The van der Waals surface area contributed by atoms with Gasteiger partial charge < -0.3 is 0 Å². The Morgan fingerprint density at radius 3 is 1.66 bits per heavy atom. The summed E-state index contributed by atoms with van der Waals surface area (Å²) in [5.74, 6) is 10.3. The molecule has 35 heavy (non-hydrogen) atoms. The van der Waals surface area contributed by atoms with E-state index in [1.807, 2.05) is 6.20 Å². The highest BCUT2D eigenvalue weighted by atomic mass is 31.2. The first kappa shape index (κ1) is 26.4. The molecule has 0 aliphatic carbocycles. The minimum atomic E-state index is -2.29. The fourth-order valence-electron chi connectivity index (χ4n) is 6.15. The lowest BCUT2D eigenvalue weighted by Crippen LogP contribution is -2.54. The molecule has 0 atom stereocenters. The highest BCUT2D eigenvalue weighted by Crippen LogP contribution is 2.67. The van der Waals surface area contributed by atoms with Crippen molar-refractivity contribution in [3.63, 3.8) is 0 Å². The van der Waals surface area contributed by atoms with E-state index in [0.717, 1.165) is 5.52 Å². The van der Waals surface area contributed by atoms with E-state index in [1.165, 1.54) is 21.6 Å². The second-order valence-electron chi connectivity index (χ2n) is 11.1. The predicted molar refractivity (Wildman–Crippen MR) is 160 cm³/mol. The third-order valence-corrected chi connectivity index (χ3v) is 24.9. The zero-order valence-corrected chi connectivity index (χ0v) is 25.4. The van der Waals surface area contributed by atoms with Crippen molar-refractivity contribution in [3.8, 4) is 0 Å². The van der Waals surface area contributed by atoms with E-state index in [9.17, 15) is 0 Å². The van der Waals surface area contributed by atoms with Gasteiger partial charge in [0.25, 0.3) is 28.3 Å². The van der Waals surface area contributed by atoms with Crippen LogP contribution in [0.3, 0.4) is 0 Å². The number of benzene rings is 3. The van der Waals surface area contributed by atoms with Crippen LogP contribution in [-0.4, -0.2) is 38.8 Å². The van der Waals surface area contributed by atoms with Crippen LogP contribution in [0.25, 0.3) is 10.9 Å². The molecule has 0 bridgehead atoms. The smallest absolute Gasteiger partial charge is 0.261 e. The molecule has 0 radical (unpaired) electrons. The van der Waals surface area contributed by atoms with Crippen molar-refractivity contribution in [2.45, 2.75) is 52.3 Å². The van der Waals surface area contributed by atoms with Crippen LogP contribution in [0.4, 0.5) is 0 Å². The monoisotopic (exact) mass is 510 g/mol. The van der Waals surface area contributed by atoms with Gasteiger partial charge in [-0.25, -0.2) is 0 Å². The van der Waals surface area contributed by atoms with Crippen molar-refractivity contribution in [2.24, 2.45) is 4.74 Å². The molecule has 0 saturated carbocycles. The molecule has 5 heteroatoms. The number of rotatable bonds is 6. The van der Waals surface area contributed by atoms with E-state index >= 15 is 0 Å². The number of para-hydroxylation sites is 1. The van der Waals surface area contributed by atoms with Crippen molar-refractivity contribution in [1.82, 2.24) is 4.98 Å². The molecule has 0 aliphatic heterocycles. The van der Waals surface area contributed by atoms with Gasteiger partial charge in [0.2, 0.25) is 0 Å². The molecule has 2 nitrogen and oxygen atoms in total. The molecule has 3 aromatic carbocycles. The summed E-state index contributed by atoms with van der Waals surface area (Å²) >= 11 is -2.78. The van der Waals surface area contributed by atoms with Crippen molar-refractivity contribution in [3.05, 3.63) is 103 Å². The maximum Gasteiger partial charge on any atom is 0.261 e. The Hall–Kier alpha value is -1.64. The average molecular weight is 511 g/mol. The molecule has 1 aromatic heterocycles. The van der Waals surface area contributed by atoms with Crippen LogP contribution in [0.15, 0.2) is 102 Å². The maximum atomic E-state index is 6.03. The van der Waals surface area contributed by atoms with Gasteiger partial charge in [0.15, 0.2) is 0 Å². The van der Waals surface area contributed by atoms with Gasteiger partial charge in [-0.2, -0.15) is 0 Å². The summed E-state index contributed by atoms with van der Waals surface area (Å²) in [5, 5.41) is 4.03. The van der Waals surface area contributed by atoms with Crippen molar-refractivity contribution >= 4 is 56.9 Å². The van der Waals surface area contributed by atoms with Crippen molar-refractivity contribution in [2.75, 3.05) is 0 Å². The van der Waals surface area contributed by atoms with E-state index in [1.54, 1.807) is 0 Å². The van der Waals surface area contributed by atoms with Gasteiger partial charge >= 0.3 is 0 Å². The largest absolute Gasteiger partial charge is 0.290 e. The molecule has 1 heterocycles. The van der Waals surface area contributed by atoms with Gasteiger partial charge in [0, 0.05) is 18.6 Å². The Morgan fingerprint density at radius 2 is 1.17 bits per heavy atom. The molecule has 0 aliphatic rings. The van der Waals surface area contributed by atoms with Gasteiger partial charge in [-0.3, -0.25) is 9.73 Å². The second-order valence-corrected chi connectivity index (χ2v) is 22.4. The minimum absolute atomic E-state index is 0.0108. The van der Waals surface area contributed by atoms with Gasteiger partial charge in [-0.15, -0.1) is 23.1 Å². The molecule has 0 amide bonds. The highest BCUT2D eigenvalue weighted by Gasteiger charge is 2.56. The van der Waals surface area contributed by atoms with Gasteiger partial charge in [0.1, 0.15) is 0 Å². The van der Waals surface area contributed by atoms with E-state index < -0.39 is 35.4 Å². The van der Waals surface area contributed by atoms with Gasteiger partial charge in [-0.05, 0) is 45.9 Å². The molecule has 178 valence electrons. The van der Waals surface area contributed by atoms with Crippen LogP contribution in [0.5, 0.6) is 0 Å². The Morgan fingerprint density at radius 1 is 0.657 bits per heavy atom. The summed E-state index contributed by atoms with van der Waals surface area (Å²) < 4.78 is 6.04. The molecular weight excluding hydrogens is 473 g/mol. The molecule has 0 spiro atoms. The first-order valence-electron chi connectivity index (χ1n) is 12.7. The van der Waals surface area contributed by atoms with Crippen LogP contribution in [0, 0.1) is 0 Å². The lowest BCUT2D eigenvalue weighted by atomic mass is 10.1. The van der Waals surface area contributed by atoms with E-state index in [0.29, 0.717) is 0 Å². The third kappa shape index (κ3) is 4.62. The fourth-order valence-corrected chi connectivity index (χ4v) is 25.5. The zero-order chi connectivity index (χ0) is 25.3. The standard InChI is InChI=1S/C26H25N2P.4CH3.2Al/c1-26(2,3)28-29(23-15-6-4-7-16-23,24-17-8-5-9-18-24)20-22-13-10-12-21-14-11-19-27-25(21)22;;;;;;/h4-19H,1-3H3;4*1H3;;. The lowest BCUT2D eigenvalue weighted by Gasteiger charge is -2.51. The first-order chi connectivity index (χ1) is 16.6. The number of hydrogen-bond acceptors (Lipinski definition) is 2. The Bertz CT molecular complexity index is 1290. The van der Waals surface area contributed by atoms with Crippen LogP contribution < -0.4 is 10.6 Å². The molecule has 0 saturated heterocycles. The lowest BCUT2D eigenvalue weighted by molar-refractivity contribution is 0.590. The van der Waals surface area contributed by atoms with Gasteiger partial charge in [-0.1, -0.05) is 84.9 Å². The Balaban J connectivity index is 2.35. The Labute approximate surface area is 220 Å². The normalized spacial score (nSPS) is 12.4. The summed E-state index contributed by atoms with van der Waals surface area (Å²) in [6.07, 6.45) is 1.96. The van der Waals surface area contributed by atoms with Gasteiger partial charge in [0.05, 0.1) is 11.1 Å². The SMILES string of the molecule is [CH3][Al]([CH3])[C](c1cccc2cccnc12)([Al]([CH3])[CH3])P(=NC(C)(C)C)(c1ccccc1)c1ccccc1. The van der Waals surface area contributed by atoms with Crippen molar-refractivity contribution < 1.29 is 0 Å². The quantitative estimate of drug-likeness (QED) is 0.193. The van der Waals surface area contributed by atoms with E-state index in [4.69, 9.17) is 9.73 Å². The second kappa shape index (κ2) is 10.4. The molecule has 4 rings (SSSR count). The average Bonchev–Trinajstić information content (AvgIpc) is 2.84. The summed E-state index contributed by atoms with van der Waals surface area (Å²) in [6, 6.07) is 33.7. The van der Waals surface area contributed by atoms with E-state index in [-0.39, 0.29) is 8.42 Å². The number of nitrogens with zero attached hydrogens (tertiary/aromatic N) is 2. The summed E-state index contributed by atoms with van der Waals surface area (Å²) in [4.78, 5) is 5.03. The summed E-state index contributed by atoms with van der Waals surface area (Å²) in [6.45, 7) is 6.84. The first-order valence-corrected chi connectivity index (χ1v) is 20.2. The molecule has 0 N–H and O–H groups in total. The minimum Gasteiger partial charge on any atom is -0.290 e. The van der Waals surface area contributed by atoms with Crippen LogP contribution in [-0.2, 0) is 2.88 Å². The predicted octanol–water partition coefficient (Wildman–Crippen LogP) is 7.67. The Kier molecular flexibility index (Phi) is 7.84. The molecule has 0 fully saturated rings. The molecule has 0 unspecified atom stereocenters. The summed E-state index contributed by atoms with van der Waals surface area (Å²) in [7, 11) is -2.29. The van der Waals surface area contributed by atoms with E-state index in [2.05, 4.69) is 135 Å². The fraction of sp³-hybridized carbons (Fsp3) is 0.300. The highest BCUT2D eigenvalue weighted by molar-refractivity contribution is 7.85. The van der Waals surface area contributed by atoms with Crippen molar-refractivity contribution in [1.29, 1.82) is 0 Å². The molecule has 4 aromatic rings.